The molecule has 3 heterocycles. The summed E-state index contributed by atoms with van der Waals surface area (Å²) < 4.78 is 13.3. The Morgan fingerprint density at radius 3 is 2.81 bits per heavy atom. The summed E-state index contributed by atoms with van der Waals surface area (Å²) >= 11 is 5.87. The molecular formula is C19H16ClFN4O. The zero-order chi connectivity index (χ0) is 18.1. The third kappa shape index (κ3) is 3.38. The average molecular weight is 371 g/mol. The van der Waals surface area contributed by atoms with E-state index in [2.05, 4.69) is 19.9 Å². The van der Waals surface area contributed by atoms with E-state index >= 15 is 0 Å². The molecule has 0 atom stereocenters. The molecule has 0 aliphatic carbocycles. The number of H-pyrrole nitrogens is 1. The van der Waals surface area contributed by atoms with Gasteiger partial charge in [-0.05, 0) is 36.2 Å². The van der Waals surface area contributed by atoms with Crippen molar-refractivity contribution in [3.8, 4) is 11.4 Å². The topological polar surface area (TPSA) is 61.9 Å². The molecule has 132 valence electrons. The maximum atomic E-state index is 13.3. The first-order valence-electron chi connectivity index (χ1n) is 8.29. The van der Waals surface area contributed by atoms with Crippen LogP contribution in [0.5, 0.6) is 0 Å². The first-order chi connectivity index (χ1) is 12.6. The molecule has 1 aliphatic heterocycles. The Hall–Kier alpha value is -2.57. The lowest BCUT2D eigenvalue weighted by molar-refractivity contribution is 0.240. The maximum Gasteiger partial charge on any atom is 0.254 e. The number of rotatable bonds is 3. The lowest BCUT2D eigenvalue weighted by atomic mass is 10.0. The number of nitrogens with one attached hydrogen (secondary N) is 1. The van der Waals surface area contributed by atoms with Crippen molar-refractivity contribution >= 4 is 11.6 Å². The fourth-order valence-corrected chi connectivity index (χ4v) is 3.37. The van der Waals surface area contributed by atoms with Crippen LogP contribution in [-0.4, -0.2) is 26.4 Å². The molecule has 5 nitrogen and oxygen atoms in total. The first-order valence-corrected chi connectivity index (χ1v) is 8.67. The van der Waals surface area contributed by atoms with Crippen molar-refractivity contribution in [2.75, 3.05) is 6.54 Å². The number of halogens is 2. The SMILES string of the molecule is O=c1[nH]c(-c2ccncc2)nc2c1CCN(Cc1ccc(F)c(Cl)c1)C2. The van der Waals surface area contributed by atoms with Crippen LogP contribution in [0.25, 0.3) is 11.4 Å². The van der Waals surface area contributed by atoms with Gasteiger partial charge in [-0.15, -0.1) is 0 Å². The average Bonchev–Trinajstić information content (AvgIpc) is 2.65. The lowest BCUT2D eigenvalue weighted by Crippen LogP contribution is -2.35. The monoisotopic (exact) mass is 370 g/mol. The van der Waals surface area contributed by atoms with Crippen molar-refractivity contribution in [3.63, 3.8) is 0 Å². The summed E-state index contributed by atoms with van der Waals surface area (Å²) in [6.07, 6.45) is 3.96. The largest absolute Gasteiger partial charge is 0.306 e. The normalized spacial score (nSPS) is 14.2. The van der Waals surface area contributed by atoms with Crippen LogP contribution in [0.15, 0.2) is 47.5 Å². The first kappa shape index (κ1) is 16.9. The summed E-state index contributed by atoms with van der Waals surface area (Å²) in [5.74, 6) is 0.123. The number of pyridine rings is 1. The molecule has 0 fully saturated rings. The van der Waals surface area contributed by atoms with Crippen LogP contribution >= 0.6 is 11.6 Å². The standard InChI is InChI=1S/C19H16ClFN4O/c20-15-9-12(1-2-16(15)21)10-25-8-5-14-17(11-25)23-18(24-19(14)26)13-3-6-22-7-4-13/h1-4,6-7,9H,5,8,10-11H2,(H,23,24,26). The van der Waals surface area contributed by atoms with E-state index in [1.54, 1.807) is 24.5 Å². The number of nitrogens with zero attached hydrogens (tertiary/aromatic N) is 3. The van der Waals surface area contributed by atoms with E-state index in [-0.39, 0.29) is 10.6 Å². The number of aromatic amines is 1. The Morgan fingerprint density at radius 2 is 2.04 bits per heavy atom. The molecular weight excluding hydrogens is 355 g/mol. The minimum Gasteiger partial charge on any atom is -0.306 e. The van der Waals surface area contributed by atoms with Crippen LogP contribution in [0, 0.1) is 5.82 Å². The molecule has 7 heteroatoms. The van der Waals surface area contributed by atoms with Crippen LogP contribution in [0.1, 0.15) is 16.8 Å². The van der Waals surface area contributed by atoms with Gasteiger partial charge in [0, 0.05) is 43.2 Å². The number of fused-ring (bicyclic) bond motifs is 1. The second-order valence-corrected chi connectivity index (χ2v) is 6.69. The molecule has 2 aromatic heterocycles. The van der Waals surface area contributed by atoms with Crippen molar-refractivity contribution < 1.29 is 4.39 Å². The van der Waals surface area contributed by atoms with Crippen molar-refractivity contribution in [2.45, 2.75) is 19.5 Å². The molecule has 1 aromatic carbocycles. The molecule has 26 heavy (non-hydrogen) atoms. The summed E-state index contributed by atoms with van der Waals surface area (Å²) in [6, 6.07) is 8.36. The number of benzene rings is 1. The molecule has 4 rings (SSSR count). The summed E-state index contributed by atoms with van der Waals surface area (Å²) in [4.78, 5) is 26.1. The predicted molar refractivity (Wildman–Crippen MR) is 97.3 cm³/mol. The molecule has 3 aromatic rings. The van der Waals surface area contributed by atoms with E-state index in [0.29, 0.717) is 25.3 Å². The minimum atomic E-state index is -0.422. The summed E-state index contributed by atoms with van der Waals surface area (Å²) in [5, 5.41) is 0.120. The summed E-state index contributed by atoms with van der Waals surface area (Å²) in [6.45, 7) is 1.92. The van der Waals surface area contributed by atoms with Gasteiger partial charge in [-0.2, -0.15) is 0 Å². The second-order valence-electron chi connectivity index (χ2n) is 6.28. The summed E-state index contributed by atoms with van der Waals surface area (Å²) in [7, 11) is 0. The van der Waals surface area contributed by atoms with Gasteiger partial charge in [0.05, 0.1) is 10.7 Å². The van der Waals surface area contributed by atoms with Gasteiger partial charge < -0.3 is 4.98 Å². The number of hydrogen-bond acceptors (Lipinski definition) is 4. The maximum absolute atomic E-state index is 13.3. The Bertz CT molecular complexity index is 1010. The third-order valence-corrected chi connectivity index (χ3v) is 4.79. The zero-order valence-corrected chi connectivity index (χ0v) is 14.6. The highest BCUT2D eigenvalue weighted by atomic mass is 35.5. The molecule has 0 saturated heterocycles. The van der Waals surface area contributed by atoms with Crippen molar-refractivity contribution in [2.24, 2.45) is 0 Å². The highest BCUT2D eigenvalue weighted by Gasteiger charge is 2.21. The van der Waals surface area contributed by atoms with E-state index in [4.69, 9.17) is 11.6 Å². The molecule has 0 unspecified atom stereocenters. The predicted octanol–water partition coefficient (Wildman–Crippen LogP) is 3.18. The smallest absolute Gasteiger partial charge is 0.254 e. The summed E-state index contributed by atoms with van der Waals surface area (Å²) in [5.41, 5.74) is 3.17. The zero-order valence-electron chi connectivity index (χ0n) is 13.9. The van der Waals surface area contributed by atoms with E-state index in [1.807, 2.05) is 12.1 Å². The van der Waals surface area contributed by atoms with Crippen LogP contribution in [0.3, 0.4) is 0 Å². The van der Waals surface area contributed by atoms with E-state index < -0.39 is 5.82 Å². The molecule has 1 N–H and O–H groups in total. The van der Waals surface area contributed by atoms with Gasteiger partial charge in [0.15, 0.2) is 0 Å². The molecule has 0 saturated carbocycles. The Morgan fingerprint density at radius 1 is 1.23 bits per heavy atom. The Labute approximate surface area is 154 Å². The van der Waals surface area contributed by atoms with Gasteiger partial charge in [-0.3, -0.25) is 14.7 Å². The van der Waals surface area contributed by atoms with Gasteiger partial charge >= 0.3 is 0 Å². The Kier molecular flexibility index (Phi) is 4.53. The second kappa shape index (κ2) is 6.97. The highest BCUT2D eigenvalue weighted by molar-refractivity contribution is 6.30. The van der Waals surface area contributed by atoms with E-state index in [1.165, 1.54) is 6.07 Å². The highest BCUT2D eigenvalue weighted by Crippen LogP contribution is 2.21. The lowest BCUT2D eigenvalue weighted by Gasteiger charge is -2.27. The van der Waals surface area contributed by atoms with Gasteiger partial charge in [-0.1, -0.05) is 17.7 Å². The van der Waals surface area contributed by atoms with Crippen molar-refractivity contribution in [3.05, 3.63) is 80.7 Å². The fourth-order valence-electron chi connectivity index (χ4n) is 3.17. The van der Waals surface area contributed by atoms with Gasteiger partial charge in [0.25, 0.3) is 5.56 Å². The van der Waals surface area contributed by atoms with E-state index in [0.717, 1.165) is 28.9 Å². The molecule has 0 radical (unpaired) electrons. The quantitative estimate of drug-likeness (QED) is 0.769. The van der Waals surface area contributed by atoms with Gasteiger partial charge in [-0.25, -0.2) is 9.37 Å². The third-order valence-electron chi connectivity index (χ3n) is 4.50. The van der Waals surface area contributed by atoms with Crippen molar-refractivity contribution in [1.29, 1.82) is 0 Å². The van der Waals surface area contributed by atoms with Gasteiger partial charge in [0.1, 0.15) is 11.6 Å². The van der Waals surface area contributed by atoms with Crippen LogP contribution in [0.4, 0.5) is 4.39 Å². The fraction of sp³-hybridized carbons (Fsp3) is 0.211. The van der Waals surface area contributed by atoms with Crippen LogP contribution in [0.2, 0.25) is 5.02 Å². The molecule has 0 spiro atoms. The Balaban J connectivity index is 1.60. The molecule has 1 aliphatic rings. The van der Waals surface area contributed by atoms with E-state index in [9.17, 15) is 9.18 Å². The number of hydrogen-bond donors (Lipinski definition) is 1. The van der Waals surface area contributed by atoms with Crippen LogP contribution in [-0.2, 0) is 19.5 Å². The van der Waals surface area contributed by atoms with Crippen LogP contribution < -0.4 is 5.56 Å². The molecule has 0 amide bonds. The minimum absolute atomic E-state index is 0.0914. The van der Waals surface area contributed by atoms with Crippen molar-refractivity contribution in [1.82, 2.24) is 19.9 Å². The van der Waals surface area contributed by atoms with Gasteiger partial charge in [0.2, 0.25) is 0 Å². The molecule has 0 bridgehead atoms. The number of aromatic nitrogens is 3.